The first-order valence-electron chi connectivity index (χ1n) is 11.4. The van der Waals surface area contributed by atoms with Gasteiger partial charge in [0.05, 0.1) is 6.61 Å². The molecule has 35 heavy (non-hydrogen) atoms. The van der Waals surface area contributed by atoms with Gasteiger partial charge in [0.2, 0.25) is 5.91 Å². The molecule has 0 fully saturated rings. The maximum atomic E-state index is 12.1. The number of ether oxygens (including phenoxy) is 2. The Morgan fingerprint density at radius 2 is 1.63 bits per heavy atom. The largest absolute Gasteiger partial charge is 0.490 e. The second kappa shape index (κ2) is 13.1. The number of anilines is 2. The second-order valence-electron chi connectivity index (χ2n) is 8.39. The molecule has 0 bridgehead atoms. The van der Waals surface area contributed by atoms with Crippen LogP contribution < -0.4 is 20.1 Å². The van der Waals surface area contributed by atoms with Gasteiger partial charge in [0.1, 0.15) is 6.61 Å². The van der Waals surface area contributed by atoms with Crippen LogP contribution in [0.4, 0.5) is 11.4 Å². The van der Waals surface area contributed by atoms with Gasteiger partial charge in [0, 0.05) is 44.4 Å². The summed E-state index contributed by atoms with van der Waals surface area (Å²) in [5.74, 6) is 1.54. The van der Waals surface area contributed by atoms with Crippen LogP contribution >= 0.6 is 39.1 Å². The lowest BCUT2D eigenvalue weighted by atomic mass is 10.1. The Morgan fingerprint density at radius 3 is 2.31 bits per heavy atom. The van der Waals surface area contributed by atoms with E-state index in [1.165, 1.54) is 0 Å². The summed E-state index contributed by atoms with van der Waals surface area (Å²) in [7, 11) is 0. The molecule has 0 heterocycles. The topological polar surface area (TPSA) is 59.6 Å². The van der Waals surface area contributed by atoms with E-state index in [2.05, 4.69) is 26.6 Å². The van der Waals surface area contributed by atoms with Crippen molar-refractivity contribution in [2.24, 2.45) is 5.92 Å². The van der Waals surface area contributed by atoms with Crippen LogP contribution in [-0.2, 0) is 17.9 Å². The quantitative estimate of drug-likeness (QED) is 0.240. The Kier molecular flexibility index (Phi) is 10.1. The summed E-state index contributed by atoms with van der Waals surface area (Å²) in [4.78, 5) is 12.1. The van der Waals surface area contributed by atoms with Crippen molar-refractivity contribution in [3.63, 3.8) is 0 Å². The van der Waals surface area contributed by atoms with Crippen molar-refractivity contribution in [1.82, 2.24) is 0 Å². The fraction of sp³-hybridized carbons (Fsp3) is 0.296. The Bertz CT molecular complexity index is 1150. The Hall–Kier alpha value is -2.41. The number of carbonyl (C=O) groups excluding carboxylic acids is 1. The zero-order valence-electron chi connectivity index (χ0n) is 20.0. The van der Waals surface area contributed by atoms with Crippen LogP contribution in [0.3, 0.4) is 0 Å². The van der Waals surface area contributed by atoms with E-state index >= 15 is 0 Å². The van der Waals surface area contributed by atoms with Crippen molar-refractivity contribution in [3.8, 4) is 11.5 Å². The average Bonchev–Trinajstić information content (AvgIpc) is 2.79. The smallest absolute Gasteiger partial charge is 0.224 e. The zero-order valence-corrected chi connectivity index (χ0v) is 23.1. The Morgan fingerprint density at radius 1 is 0.971 bits per heavy atom. The Balaban J connectivity index is 1.71. The highest BCUT2D eigenvalue weighted by Gasteiger charge is 2.14. The van der Waals surface area contributed by atoms with E-state index in [-0.39, 0.29) is 12.5 Å². The van der Waals surface area contributed by atoms with E-state index in [1.807, 2.05) is 57.2 Å². The van der Waals surface area contributed by atoms with E-state index in [0.29, 0.717) is 47.0 Å². The predicted molar refractivity (Wildman–Crippen MR) is 148 cm³/mol. The monoisotopic (exact) mass is 578 g/mol. The summed E-state index contributed by atoms with van der Waals surface area (Å²) in [6.07, 6.45) is 0.488. The molecule has 0 unspecified atom stereocenters. The Labute approximate surface area is 225 Å². The van der Waals surface area contributed by atoms with Crippen molar-refractivity contribution >= 4 is 56.4 Å². The highest BCUT2D eigenvalue weighted by Crippen LogP contribution is 2.36. The molecule has 0 saturated carbocycles. The molecule has 3 rings (SSSR count). The van der Waals surface area contributed by atoms with Crippen LogP contribution in [0.25, 0.3) is 0 Å². The molecular weight excluding hydrogens is 551 g/mol. The third-order valence-electron chi connectivity index (χ3n) is 5.07. The fourth-order valence-corrected chi connectivity index (χ4v) is 4.37. The summed E-state index contributed by atoms with van der Waals surface area (Å²) < 4.78 is 12.7. The van der Waals surface area contributed by atoms with Gasteiger partial charge in [-0.2, -0.15) is 0 Å². The molecule has 0 spiro atoms. The van der Waals surface area contributed by atoms with Gasteiger partial charge in [-0.15, -0.1) is 0 Å². The summed E-state index contributed by atoms with van der Waals surface area (Å²) in [6.45, 7) is 7.23. The minimum absolute atomic E-state index is 0.00918. The predicted octanol–water partition coefficient (Wildman–Crippen LogP) is 8.33. The van der Waals surface area contributed by atoms with Gasteiger partial charge >= 0.3 is 0 Å². The number of carbonyl (C=O) groups is 1. The van der Waals surface area contributed by atoms with Gasteiger partial charge in [-0.3, -0.25) is 4.79 Å². The third-order valence-corrected chi connectivity index (χ3v) is 6.52. The summed E-state index contributed by atoms with van der Waals surface area (Å²) in [5, 5.41) is 7.46. The van der Waals surface area contributed by atoms with Gasteiger partial charge < -0.3 is 20.1 Å². The van der Waals surface area contributed by atoms with Crippen molar-refractivity contribution in [3.05, 3.63) is 80.2 Å². The van der Waals surface area contributed by atoms with Crippen LogP contribution in [0.5, 0.6) is 11.5 Å². The molecule has 3 aromatic carbocycles. The number of halogens is 3. The minimum Gasteiger partial charge on any atom is -0.490 e. The number of benzene rings is 3. The van der Waals surface area contributed by atoms with Crippen LogP contribution in [-0.4, -0.2) is 12.5 Å². The van der Waals surface area contributed by atoms with Gasteiger partial charge in [-0.1, -0.05) is 65.1 Å². The fourth-order valence-electron chi connectivity index (χ4n) is 3.40. The lowest BCUT2D eigenvalue weighted by Crippen LogP contribution is -2.14. The molecule has 0 aromatic heterocycles. The standard InChI is InChI=1S/C27H29BrCl2N2O3/c1-4-34-25-12-18(15-31-19-7-5-8-20(13-19)32-27(33)11-17(2)3)22(28)14-26(25)35-16-21-23(29)9-6-10-24(21)30/h5-10,12-14,17,31H,4,11,15-16H2,1-3H3,(H,32,33). The van der Waals surface area contributed by atoms with E-state index in [1.54, 1.807) is 18.2 Å². The van der Waals surface area contributed by atoms with E-state index in [9.17, 15) is 4.79 Å². The van der Waals surface area contributed by atoms with Crippen LogP contribution in [0.15, 0.2) is 59.1 Å². The molecule has 0 radical (unpaired) electrons. The average molecular weight is 580 g/mol. The second-order valence-corrected chi connectivity index (χ2v) is 10.1. The summed E-state index contributed by atoms with van der Waals surface area (Å²) in [6, 6.07) is 16.9. The first-order valence-corrected chi connectivity index (χ1v) is 13.0. The molecule has 1 amide bonds. The molecular formula is C27H29BrCl2N2O3. The van der Waals surface area contributed by atoms with Crippen molar-refractivity contribution in [1.29, 1.82) is 0 Å². The summed E-state index contributed by atoms with van der Waals surface area (Å²) in [5.41, 5.74) is 3.37. The van der Waals surface area contributed by atoms with Crippen molar-refractivity contribution in [2.45, 2.75) is 40.3 Å². The normalized spacial score (nSPS) is 10.8. The van der Waals surface area contributed by atoms with Crippen molar-refractivity contribution < 1.29 is 14.3 Å². The van der Waals surface area contributed by atoms with E-state index < -0.39 is 0 Å². The molecule has 186 valence electrons. The highest BCUT2D eigenvalue weighted by molar-refractivity contribution is 9.10. The van der Waals surface area contributed by atoms with E-state index in [4.69, 9.17) is 32.7 Å². The van der Waals surface area contributed by atoms with Gasteiger partial charge in [-0.05, 0) is 60.9 Å². The van der Waals surface area contributed by atoms with Gasteiger partial charge in [0.15, 0.2) is 11.5 Å². The number of hydrogen-bond donors (Lipinski definition) is 2. The highest BCUT2D eigenvalue weighted by atomic mass is 79.9. The molecule has 0 aliphatic carbocycles. The van der Waals surface area contributed by atoms with Gasteiger partial charge in [0.25, 0.3) is 0 Å². The van der Waals surface area contributed by atoms with Crippen molar-refractivity contribution in [2.75, 3.05) is 17.2 Å². The van der Waals surface area contributed by atoms with Crippen LogP contribution in [0, 0.1) is 5.92 Å². The molecule has 0 aliphatic rings. The SMILES string of the molecule is CCOc1cc(CNc2cccc(NC(=O)CC(C)C)c2)c(Br)cc1OCc1c(Cl)cccc1Cl. The minimum atomic E-state index is 0.00918. The summed E-state index contributed by atoms with van der Waals surface area (Å²) >= 11 is 16.2. The van der Waals surface area contributed by atoms with Crippen LogP contribution in [0.2, 0.25) is 10.0 Å². The molecule has 0 saturated heterocycles. The number of nitrogens with one attached hydrogen (secondary N) is 2. The molecule has 8 heteroatoms. The van der Waals surface area contributed by atoms with Crippen LogP contribution in [0.1, 0.15) is 38.3 Å². The van der Waals surface area contributed by atoms with E-state index in [0.717, 1.165) is 27.0 Å². The first-order chi connectivity index (χ1) is 16.8. The lowest BCUT2D eigenvalue weighted by Gasteiger charge is -2.17. The molecule has 3 aromatic rings. The number of rotatable bonds is 11. The molecule has 0 atom stereocenters. The lowest BCUT2D eigenvalue weighted by molar-refractivity contribution is -0.116. The number of amides is 1. The molecule has 5 nitrogen and oxygen atoms in total. The maximum Gasteiger partial charge on any atom is 0.224 e. The third kappa shape index (κ3) is 8.06. The molecule has 0 aliphatic heterocycles. The zero-order chi connectivity index (χ0) is 25.4. The van der Waals surface area contributed by atoms with Gasteiger partial charge in [-0.25, -0.2) is 0 Å². The maximum absolute atomic E-state index is 12.1. The number of hydrogen-bond acceptors (Lipinski definition) is 4. The molecule has 2 N–H and O–H groups in total. The first kappa shape index (κ1) is 27.2.